The van der Waals surface area contributed by atoms with E-state index < -0.39 is 0 Å². The van der Waals surface area contributed by atoms with Gasteiger partial charge in [-0.3, -0.25) is 0 Å². The lowest BCUT2D eigenvalue weighted by atomic mass is 10.0. The van der Waals surface area contributed by atoms with Crippen LogP contribution in [-0.4, -0.2) is 25.5 Å². The Hall–Kier alpha value is -0.0400. The second-order valence-electron chi connectivity index (χ2n) is 12.1. The van der Waals surface area contributed by atoms with Gasteiger partial charge in [-0.15, -0.1) is 0 Å². The molecule has 1 heteroatoms. The lowest BCUT2D eigenvalue weighted by Crippen LogP contribution is -2.12. The molecule has 0 bridgehead atoms. The lowest BCUT2D eigenvalue weighted by Gasteiger charge is -2.08. The Morgan fingerprint density at radius 3 is 0.600 bits per heavy atom. The van der Waals surface area contributed by atoms with Crippen LogP contribution in [0.25, 0.3) is 0 Å². The van der Waals surface area contributed by atoms with Crippen molar-refractivity contribution in [2.24, 2.45) is 0 Å². The summed E-state index contributed by atoms with van der Waals surface area (Å²) in [6, 6.07) is 0. The molecule has 0 aromatic heterocycles. The van der Waals surface area contributed by atoms with Crippen molar-refractivity contribution in [3.63, 3.8) is 0 Å². The van der Waals surface area contributed by atoms with Gasteiger partial charge >= 0.3 is 0 Å². The van der Waals surface area contributed by atoms with Crippen LogP contribution in [0.3, 0.4) is 0 Å². The van der Waals surface area contributed by atoms with Gasteiger partial charge in [0.15, 0.2) is 0 Å². The van der Waals surface area contributed by atoms with Crippen LogP contribution in [0.4, 0.5) is 0 Å². The van der Waals surface area contributed by atoms with E-state index in [-0.39, 0.29) is 0 Å². The summed E-state index contributed by atoms with van der Waals surface area (Å²) in [6.07, 6.45) is 44.3. The van der Waals surface area contributed by atoms with E-state index in [1.54, 1.807) is 0 Å². The lowest BCUT2D eigenvalue weighted by molar-refractivity contribution is 0.389. The summed E-state index contributed by atoms with van der Waals surface area (Å²) in [5, 5.41) is 0. The Morgan fingerprint density at radius 1 is 0.257 bits per heavy atom. The van der Waals surface area contributed by atoms with Gasteiger partial charge in [-0.05, 0) is 27.1 Å². The molecule has 0 aliphatic carbocycles. The molecular formula is C34H71N. The van der Waals surface area contributed by atoms with E-state index in [1.165, 1.54) is 199 Å². The molecule has 1 nitrogen and oxygen atoms in total. The van der Waals surface area contributed by atoms with Crippen LogP contribution < -0.4 is 0 Å². The fourth-order valence-corrected chi connectivity index (χ4v) is 5.45. The molecular weight excluding hydrogens is 422 g/mol. The maximum absolute atomic E-state index is 2.31. The molecule has 0 saturated carbocycles. The van der Waals surface area contributed by atoms with Crippen LogP contribution in [0, 0.1) is 0 Å². The van der Waals surface area contributed by atoms with Crippen LogP contribution in [0.1, 0.15) is 200 Å². The largest absolute Gasteiger partial charge is 0.309 e. The zero-order chi connectivity index (χ0) is 25.5. The average Bonchev–Trinajstić information content (AvgIpc) is 2.85. The third kappa shape index (κ3) is 34.0. The molecule has 0 unspecified atom stereocenters. The summed E-state index contributed by atoms with van der Waals surface area (Å²) in [5.41, 5.74) is 0. The first kappa shape index (κ1) is 35.0. The topological polar surface area (TPSA) is 3.24 Å². The van der Waals surface area contributed by atoms with Crippen LogP contribution in [-0.2, 0) is 0 Å². The average molecular weight is 494 g/mol. The molecule has 0 aliphatic rings. The second kappa shape index (κ2) is 32.0. The molecule has 0 aromatic carbocycles. The van der Waals surface area contributed by atoms with Crippen molar-refractivity contribution in [3.05, 3.63) is 0 Å². The molecule has 0 spiro atoms. The number of hydrogen-bond acceptors (Lipinski definition) is 1. The number of rotatable bonds is 31. The quantitative estimate of drug-likeness (QED) is 0.0867. The smallest absolute Gasteiger partial charge is 0.00248 e. The molecule has 0 N–H and O–H groups in total. The minimum atomic E-state index is 1.26. The molecule has 0 saturated heterocycles. The highest BCUT2D eigenvalue weighted by molar-refractivity contribution is 4.53. The molecule has 0 rings (SSSR count). The van der Waals surface area contributed by atoms with Gasteiger partial charge in [-0.25, -0.2) is 0 Å². The number of unbranched alkanes of at least 4 members (excludes halogenated alkanes) is 29. The zero-order valence-corrected chi connectivity index (χ0v) is 25.4. The van der Waals surface area contributed by atoms with Crippen molar-refractivity contribution in [1.82, 2.24) is 4.90 Å². The summed E-state index contributed by atoms with van der Waals surface area (Å²) in [7, 11) is 4.37. The minimum absolute atomic E-state index is 1.26. The molecule has 0 radical (unpaired) electrons. The summed E-state index contributed by atoms with van der Waals surface area (Å²) in [5.74, 6) is 0. The van der Waals surface area contributed by atoms with Crippen molar-refractivity contribution in [2.45, 2.75) is 200 Å². The van der Waals surface area contributed by atoms with Crippen LogP contribution in [0.15, 0.2) is 0 Å². The van der Waals surface area contributed by atoms with Crippen molar-refractivity contribution in [3.8, 4) is 0 Å². The Labute approximate surface area is 225 Å². The maximum Gasteiger partial charge on any atom is -0.00248 e. The van der Waals surface area contributed by atoms with Crippen molar-refractivity contribution in [1.29, 1.82) is 0 Å². The highest BCUT2D eigenvalue weighted by Gasteiger charge is 1.97. The maximum atomic E-state index is 2.31. The fraction of sp³-hybridized carbons (Fsp3) is 1.00. The summed E-state index contributed by atoms with van der Waals surface area (Å²) in [6.45, 7) is 3.57. The summed E-state index contributed by atoms with van der Waals surface area (Å²) >= 11 is 0. The normalized spacial score (nSPS) is 11.7. The van der Waals surface area contributed by atoms with E-state index in [9.17, 15) is 0 Å². The Bertz CT molecular complexity index is 350. The Morgan fingerprint density at radius 2 is 0.429 bits per heavy atom. The predicted molar refractivity (Wildman–Crippen MR) is 163 cm³/mol. The van der Waals surface area contributed by atoms with Crippen molar-refractivity contribution >= 4 is 0 Å². The number of hydrogen-bond donors (Lipinski definition) is 0. The van der Waals surface area contributed by atoms with Gasteiger partial charge in [0.05, 0.1) is 0 Å². The van der Waals surface area contributed by atoms with Gasteiger partial charge in [0.25, 0.3) is 0 Å². The molecule has 35 heavy (non-hydrogen) atoms. The van der Waals surface area contributed by atoms with Crippen molar-refractivity contribution < 1.29 is 0 Å². The van der Waals surface area contributed by atoms with Gasteiger partial charge in [-0.1, -0.05) is 193 Å². The summed E-state index contributed by atoms with van der Waals surface area (Å²) in [4.78, 5) is 2.31. The molecule has 0 amide bonds. The van der Waals surface area contributed by atoms with Crippen LogP contribution in [0.5, 0.6) is 0 Å². The second-order valence-corrected chi connectivity index (χ2v) is 12.1. The van der Waals surface area contributed by atoms with Crippen LogP contribution in [0.2, 0.25) is 0 Å². The molecule has 212 valence electrons. The summed E-state index contributed by atoms with van der Waals surface area (Å²) < 4.78 is 0. The molecule has 0 atom stereocenters. The van der Waals surface area contributed by atoms with Crippen LogP contribution >= 0.6 is 0 Å². The molecule has 0 fully saturated rings. The Kier molecular flexibility index (Phi) is 32.0. The molecule has 0 heterocycles. The first-order valence-electron chi connectivity index (χ1n) is 16.9. The van der Waals surface area contributed by atoms with E-state index in [4.69, 9.17) is 0 Å². The first-order chi connectivity index (χ1) is 17.3. The highest BCUT2D eigenvalue weighted by atomic mass is 15.0. The van der Waals surface area contributed by atoms with E-state index in [2.05, 4.69) is 25.9 Å². The monoisotopic (exact) mass is 494 g/mol. The first-order valence-corrected chi connectivity index (χ1v) is 16.9. The van der Waals surface area contributed by atoms with E-state index >= 15 is 0 Å². The van der Waals surface area contributed by atoms with E-state index in [0.717, 1.165) is 0 Å². The minimum Gasteiger partial charge on any atom is -0.309 e. The number of nitrogens with zero attached hydrogens (tertiary/aromatic N) is 1. The van der Waals surface area contributed by atoms with Crippen molar-refractivity contribution in [2.75, 3.05) is 20.6 Å². The fourth-order valence-electron chi connectivity index (χ4n) is 5.45. The third-order valence-corrected chi connectivity index (χ3v) is 7.96. The van der Waals surface area contributed by atoms with Gasteiger partial charge < -0.3 is 4.90 Å². The standard InChI is InChI=1S/C34H71N/c1-4-5-6-7-8-9-10-11-12-13-14-15-16-17-18-19-20-21-22-23-24-25-26-27-28-29-30-31-32-33-34-35(2)3/h4-34H2,1-3H3. The SMILES string of the molecule is CCCCCCCCCCCCCCCCCCCCCCCCCCCCCCCCN(C)C. The van der Waals surface area contributed by atoms with Gasteiger partial charge in [0.1, 0.15) is 0 Å². The van der Waals surface area contributed by atoms with Gasteiger partial charge in [0.2, 0.25) is 0 Å². The Balaban J connectivity index is 3.01. The molecule has 0 aromatic rings. The highest BCUT2D eigenvalue weighted by Crippen LogP contribution is 2.16. The third-order valence-electron chi connectivity index (χ3n) is 7.96. The van der Waals surface area contributed by atoms with Gasteiger partial charge in [-0.2, -0.15) is 0 Å². The molecule has 0 aliphatic heterocycles. The van der Waals surface area contributed by atoms with E-state index in [0.29, 0.717) is 0 Å². The zero-order valence-electron chi connectivity index (χ0n) is 25.4. The van der Waals surface area contributed by atoms with Gasteiger partial charge in [0, 0.05) is 0 Å². The predicted octanol–water partition coefficient (Wildman–Crippen LogP) is 12.3. The van der Waals surface area contributed by atoms with E-state index in [1.807, 2.05) is 0 Å².